The molecule has 1 saturated heterocycles. The van der Waals surface area contributed by atoms with Crippen LogP contribution in [-0.4, -0.2) is 36.2 Å². The van der Waals surface area contributed by atoms with Crippen LogP contribution in [0.15, 0.2) is 60.7 Å². The summed E-state index contributed by atoms with van der Waals surface area (Å²) < 4.78 is 32.8. The summed E-state index contributed by atoms with van der Waals surface area (Å²) in [6.07, 6.45) is 0. The number of ether oxygens (including phenoxy) is 1. The van der Waals surface area contributed by atoms with Crippen LogP contribution in [0.1, 0.15) is 16.7 Å². The summed E-state index contributed by atoms with van der Waals surface area (Å²) in [7, 11) is 1.54. The van der Waals surface area contributed by atoms with E-state index in [0.717, 1.165) is 17.7 Å². The minimum atomic E-state index is -1.29. The van der Waals surface area contributed by atoms with Crippen molar-refractivity contribution in [3.8, 4) is 5.75 Å². The monoisotopic (exact) mass is 495 g/mol. The number of hydrogen-bond acceptors (Lipinski definition) is 4. The summed E-state index contributed by atoms with van der Waals surface area (Å²) in [6, 6.07) is 15.9. The number of thioether (sulfide) groups is 1. The smallest absolute Gasteiger partial charge is 0.323 e. The molecule has 3 aromatic rings. The highest BCUT2D eigenvalue weighted by atomic mass is 32.2. The lowest BCUT2D eigenvalue weighted by atomic mass is 10.1. The average Bonchev–Trinajstić information content (AvgIpc) is 3.40. The first kappa shape index (κ1) is 23.2. The third-order valence-electron chi connectivity index (χ3n) is 6.27. The number of nitrogens with zero attached hydrogens (tertiary/aromatic N) is 2. The van der Waals surface area contributed by atoms with Crippen molar-refractivity contribution in [1.82, 2.24) is 4.90 Å². The summed E-state index contributed by atoms with van der Waals surface area (Å²) >= 11 is 1.38. The molecule has 0 saturated carbocycles. The normalized spacial score (nSPS) is 18.8. The van der Waals surface area contributed by atoms with Crippen LogP contribution in [-0.2, 0) is 16.2 Å². The van der Waals surface area contributed by atoms with Gasteiger partial charge in [-0.25, -0.2) is 13.6 Å². The Labute approximate surface area is 205 Å². The number of nitrogens with one attached hydrogen (secondary N) is 1. The van der Waals surface area contributed by atoms with E-state index < -0.39 is 22.5 Å². The fourth-order valence-electron chi connectivity index (χ4n) is 4.53. The summed E-state index contributed by atoms with van der Waals surface area (Å²) in [6.45, 7) is 2.36. The molecule has 180 valence electrons. The van der Waals surface area contributed by atoms with E-state index in [1.54, 1.807) is 23.1 Å². The summed E-state index contributed by atoms with van der Waals surface area (Å²) in [5.41, 5.74) is 3.36. The van der Waals surface area contributed by atoms with Crippen molar-refractivity contribution in [2.75, 3.05) is 29.6 Å². The fourth-order valence-corrected chi connectivity index (χ4v) is 5.98. The number of amides is 3. The Morgan fingerprint density at radius 1 is 1.09 bits per heavy atom. The van der Waals surface area contributed by atoms with Crippen molar-refractivity contribution in [3.63, 3.8) is 0 Å². The molecule has 1 fully saturated rings. The first-order valence-electron chi connectivity index (χ1n) is 11.1. The first-order valence-corrected chi connectivity index (χ1v) is 12.1. The maximum absolute atomic E-state index is 14.0. The minimum Gasteiger partial charge on any atom is -0.497 e. The van der Waals surface area contributed by atoms with Gasteiger partial charge in [-0.15, -0.1) is 11.8 Å². The Balaban J connectivity index is 1.54. The van der Waals surface area contributed by atoms with Crippen molar-refractivity contribution in [2.45, 2.75) is 18.3 Å². The van der Waals surface area contributed by atoms with Gasteiger partial charge in [0.05, 0.1) is 19.3 Å². The number of carbonyl (C=O) groups is 2. The average molecular weight is 496 g/mol. The molecule has 2 aliphatic heterocycles. The highest BCUT2D eigenvalue weighted by molar-refractivity contribution is 8.01. The van der Waals surface area contributed by atoms with Crippen LogP contribution in [0.2, 0.25) is 0 Å². The van der Waals surface area contributed by atoms with Gasteiger partial charge in [0.25, 0.3) is 5.91 Å². The Hall–Kier alpha value is -3.59. The summed E-state index contributed by atoms with van der Waals surface area (Å²) in [4.78, 5) is 29.2. The van der Waals surface area contributed by atoms with Crippen molar-refractivity contribution in [2.24, 2.45) is 0 Å². The van der Waals surface area contributed by atoms with Crippen molar-refractivity contribution in [1.29, 1.82) is 0 Å². The van der Waals surface area contributed by atoms with Crippen molar-refractivity contribution >= 4 is 35.1 Å². The van der Waals surface area contributed by atoms with Crippen molar-refractivity contribution in [3.05, 3.63) is 89.0 Å². The molecule has 35 heavy (non-hydrogen) atoms. The maximum atomic E-state index is 14.0. The summed E-state index contributed by atoms with van der Waals surface area (Å²) in [5.74, 6) is -1.13. The van der Waals surface area contributed by atoms with E-state index in [4.69, 9.17) is 4.74 Å². The van der Waals surface area contributed by atoms with Crippen LogP contribution >= 0.6 is 11.8 Å². The lowest BCUT2D eigenvalue weighted by molar-refractivity contribution is -0.123. The molecular weight excluding hydrogens is 472 g/mol. The van der Waals surface area contributed by atoms with E-state index in [9.17, 15) is 18.4 Å². The quantitative estimate of drug-likeness (QED) is 0.536. The number of methoxy groups -OCH3 is 1. The molecule has 9 heteroatoms. The molecule has 0 aliphatic carbocycles. The highest BCUT2D eigenvalue weighted by Crippen LogP contribution is 2.55. The standard InChI is InChI=1S/C26H23F2N3O3S/c1-16-3-6-18(7-4-16)29-25(33)31-11-12-35-26(31)20-14-19(34-2)8-10-23(20)30(24(26)32)15-17-5-9-21(27)22(28)13-17/h3-10,13-14H,11-12,15H2,1-2H3,(H,29,33)/t26-/m0/s1. The summed E-state index contributed by atoms with van der Waals surface area (Å²) in [5, 5.41) is 2.90. The number of urea groups is 1. The Morgan fingerprint density at radius 3 is 2.57 bits per heavy atom. The predicted molar refractivity (Wildman–Crippen MR) is 132 cm³/mol. The Bertz CT molecular complexity index is 1320. The van der Waals surface area contributed by atoms with Crippen molar-refractivity contribution < 1.29 is 23.1 Å². The number of fused-ring (bicyclic) bond motifs is 2. The van der Waals surface area contributed by atoms with Gasteiger partial charge in [0.2, 0.25) is 0 Å². The number of anilines is 2. The van der Waals surface area contributed by atoms with Gasteiger partial charge in [0.1, 0.15) is 5.75 Å². The second-order valence-electron chi connectivity index (χ2n) is 8.46. The van der Waals surface area contributed by atoms with Gasteiger partial charge in [-0.2, -0.15) is 0 Å². The molecule has 1 N–H and O–H groups in total. The molecule has 3 aromatic carbocycles. The molecule has 0 aromatic heterocycles. The van der Waals surface area contributed by atoms with E-state index in [-0.39, 0.29) is 12.5 Å². The van der Waals surface area contributed by atoms with E-state index in [1.807, 2.05) is 31.2 Å². The zero-order valence-electron chi connectivity index (χ0n) is 19.2. The lowest BCUT2D eigenvalue weighted by Gasteiger charge is -2.33. The molecule has 1 atom stereocenters. The molecular formula is C26H23F2N3O3S. The van der Waals surface area contributed by atoms with E-state index in [1.165, 1.54) is 29.8 Å². The van der Waals surface area contributed by atoms with Gasteiger partial charge in [-0.05, 0) is 55.0 Å². The number of carbonyl (C=O) groups excluding carboxylic acids is 2. The van der Waals surface area contributed by atoms with E-state index in [2.05, 4.69) is 5.32 Å². The van der Waals surface area contributed by atoms with Gasteiger partial charge < -0.3 is 15.0 Å². The maximum Gasteiger partial charge on any atom is 0.323 e. The minimum absolute atomic E-state index is 0.0328. The molecule has 2 heterocycles. The predicted octanol–water partition coefficient (Wildman–Crippen LogP) is 5.26. The van der Waals surface area contributed by atoms with Crippen LogP contribution in [0.25, 0.3) is 0 Å². The third-order valence-corrected chi connectivity index (χ3v) is 7.69. The SMILES string of the molecule is COc1ccc2c(c1)[C@]1(SCCN1C(=O)Nc1ccc(C)cc1)C(=O)N2Cc1ccc(F)c(F)c1. The van der Waals surface area contributed by atoms with Gasteiger partial charge in [0, 0.05) is 23.5 Å². The largest absolute Gasteiger partial charge is 0.497 e. The van der Waals surface area contributed by atoms with Crippen LogP contribution in [0, 0.1) is 18.6 Å². The van der Waals surface area contributed by atoms with Crippen LogP contribution in [0.4, 0.5) is 25.0 Å². The molecule has 6 nitrogen and oxygen atoms in total. The van der Waals surface area contributed by atoms with Gasteiger partial charge in [-0.1, -0.05) is 23.8 Å². The number of halogens is 2. The van der Waals surface area contributed by atoms with Gasteiger partial charge in [-0.3, -0.25) is 9.69 Å². The second kappa shape index (κ2) is 8.88. The molecule has 1 spiro atoms. The van der Waals surface area contributed by atoms with E-state index in [0.29, 0.717) is 40.5 Å². The highest BCUT2D eigenvalue weighted by Gasteiger charge is 2.59. The Morgan fingerprint density at radius 2 is 1.86 bits per heavy atom. The Kier molecular flexibility index (Phi) is 5.88. The first-order chi connectivity index (χ1) is 16.8. The number of benzene rings is 3. The lowest BCUT2D eigenvalue weighted by Crippen LogP contribution is -2.51. The molecule has 0 unspecified atom stereocenters. The number of aryl methyl sites for hydroxylation is 1. The molecule has 3 amide bonds. The zero-order chi connectivity index (χ0) is 24.7. The molecule has 2 aliphatic rings. The van der Waals surface area contributed by atoms with Crippen LogP contribution < -0.4 is 15.0 Å². The number of hydrogen-bond donors (Lipinski definition) is 1. The fraction of sp³-hybridized carbons (Fsp3) is 0.231. The van der Waals surface area contributed by atoms with Gasteiger partial charge >= 0.3 is 6.03 Å². The molecule has 0 radical (unpaired) electrons. The topological polar surface area (TPSA) is 61.9 Å². The van der Waals surface area contributed by atoms with Crippen LogP contribution in [0.3, 0.4) is 0 Å². The molecule has 0 bridgehead atoms. The second-order valence-corrected chi connectivity index (χ2v) is 9.75. The van der Waals surface area contributed by atoms with Crippen LogP contribution in [0.5, 0.6) is 5.75 Å². The zero-order valence-corrected chi connectivity index (χ0v) is 20.0. The third kappa shape index (κ3) is 3.89. The number of rotatable bonds is 4. The van der Waals surface area contributed by atoms with E-state index >= 15 is 0 Å². The molecule has 5 rings (SSSR count). The van der Waals surface area contributed by atoms with Gasteiger partial charge in [0.15, 0.2) is 16.5 Å².